The predicted molar refractivity (Wildman–Crippen MR) is 220 cm³/mol. The monoisotopic (exact) mass is 810 g/mol. The van der Waals surface area contributed by atoms with Crippen LogP contribution in [-0.4, -0.2) is 112 Å². The zero-order chi connectivity index (χ0) is 41.4. The topological polar surface area (TPSA) is 179 Å². The number of rotatable bonds is 10. The number of carbonyl (C=O) groups is 4. The molecule has 4 amide bonds. The van der Waals surface area contributed by atoms with Crippen LogP contribution < -0.4 is 0 Å². The van der Waals surface area contributed by atoms with Crippen LogP contribution in [-0.2, 0) is 9.59 Å². The van der Waals surface area contributed by atoms with Gasteiger partial charge in [-0.25, -0.2) is 19.6 Å². The minimum atomic E-state index is -1.07. The summed E-state index contributed by atoms with van der Waals surface area (Å²) in [6.45, 7) is 0. The molecule has 2 saturated heterocycles. The molecule has 6 aliphatic rings. The first-order valence-electron chi connectivity index (χ1n) is 21.4. The van der Waals surface area contributed by atoms with Crippen LogP contribution in [0.25, 0.3) is 22.5 Å². The van der Waals surface area contributed by atoms with Gasteiger partial charge >= 0.3 is 12.2 Å². The van der Waals surface area contributed by atoms with Crippen molar-refractivity contribution in [2.75, 3.05) is 14.1 Å². The third-order valence-corrected chi connectivity index (χ3v) is 14.4. The number of nitrogens with one attached hydrogen (secondary N) is 2. The molecular weight excluding hydrogens is 761 g/mol. The molecule has 0 bridgehead atoms. The van der Waals surface area contributed by atoms with Gasteiger partial charge in [-0.2, -0.15) is 0 Å². The predicted octanol–water partition coefficient (Wildman–Crippen LogP) is 6.75. The van der Waals surface area contributed by atoms with E-state index in [4.69, 9.17) is 9.97 Å². The molecule has 310 valence electrons. The van der Waals surface area contributed by atoms with Gasteiger partial charge in [0.25, 0.3) is 0 Å². The van der Waals surface area contributed by atoms with Crippen molar-refractivity contribution in [2.45, 2.75) is 100 Å². The van der Waals surface area contributed by atoms with Crippen LogP contribution in [0.4, 0.5) is 9.59 Å². The fraction of sp³-hybridized carbons (Fsp3) is 0.478. The van der Waals surface area contributed by atoms with Gasteiger partial charge in [-0.15, -0.1) is 0 Å². The highest BCUT2D eigenvalue weighted by molar-refractivity contribution is 5.88. The Balaban J connectivity index is 0.787. The zero-order valence-corrected chi connectivity index (χ0v) is 33.8. The lowest BCUT2D eigenvalue weighted by molar-refractivity contribution is -0.142. The number of carboxylic acid groups (broad SMARTS) is 2. The standard InChI is InChI=1S/C46H50N8O6/c1-51(45(57)58)39(29-5-3-6-29)43(55)53-35-19-31(35)21-37(53)41-47-23-33(49-41)27-15-11-25(12-16-27)9-10-26-13-17-28(18-14-26)34-24-48-42(50-34)38-22-32-20-36(32)54(38)44(56)40(30-7-4-8-30)52(2)46(59)60/h11-18,23-24,29-32,35-40H,3-8,19-22H2,1-2H3,(H,47,49)(H,48,50)(H,57,58)(H,59,60)/t31-,32-,35-,36-,37+,38+,39+,40+/m1/s1. The number of likely N-dealkylation sites (N-methyl/N-ethyl adjacent to an activating group) is 2. The number of piperidine rings is 2. The van der Waals surface area contributed by atoms with E-state index in [-0.39, 0.29) is 47.8 Å². The Morgan fingerprint density at radius 1 is 0.633 bits per heavy atom. The summed E-state index contributed by atoms with van der Waals surface area (Å²) in [6.07, 6.45) is 10.6. The molecule has 10 rings (SSSR count). The molecule has 2 aromatic carbocycles. The third-order valence-electron chi connectivity index (χ3n) is 14.4. The minimum Gasteiger partial charge on any atom is -0.465 e. The smallest absolute Gasteiger partial charge is 0.407 e. The van der Waals surface area contributed by atoms with E-state index in [9.17, 15) is 29.4 Å². The Morgan fingerprint density at radius 2 is 1.02 bits per heavy atom. The van der Waals surface area contributed by atoms with E-state index < -0.39 is 24.3 Å². The van der Waals surface area contributed by atoms with E-state index in [1.165, 1.54) is 23.9 Å². The molecule has 2 aliphatic heterocycles. The van der Waals surface area contributed by atoms with Gasteiger partial charge in [0.05, 0.1) is 35.9 Å². The van der Waals surface area contributed by atoms with Crippen LogP contribution in [0.3, 0.4) is 0 Å². The van der Waals surface area contributed by atoms with Crippen molar-refractivity contribution < 1.29 is 29.4 Å². The zero-order valence-electron chi connectivity index (χ0n) is 33.8. The van der Waals surface area contributed by atoms with E-state index in [0.29, 0.717) is 11.8 Å². The second-order valence-corrected chi connectivity index (χ2v) is 17.9. The molecule has 4 heterocycles. The second-order valence-electron chi connectivity index (χ2n) is 17.9. The quantitative estimate of drug-likeness (QED) is 0.127. The van der Waals surface area contributed by atoms with Gasteiger partial charge in [0.15, 0.2) is 0 Å². The van der Waals surface area contributed by atoms with Crippen LogP contribution in [0.1, 0.15) is 99.1 Å². The number of hydrogen-bond donors (Lipinski definition) is 4. The van der Waals surface area contributed by atoms with E-state index in [1.54, 1.807) is 12.4 Å². The Hall–Kier alpha value is -6.10. The Morgan fingerprint density at radius 3 is 1.35 bits per heavy atom. The van der Waals surface area contributed by atoms with Crippen LogP contribution in [0.15, 0.2) is 60.9 Å². The van der Waals surface area contributed by atoms with E-state index in [0.717, 1.165) is 109 Å². The van der Waals surface area contributed by atoms with Crippen molar-refractivity contribution >= 4 is 24.0 Å². The van der Waals surface area contributed by atoms with Gasteiger partial charge in [0.2, 0.25) is 11.8 Å². The SMILES string of the molecule is CN(C(=O)O)[C@H](C(=O)N1[C@@H]2C[C@@H]2C[C@H]1c1ncc(-c2ccc(C#Cc3ccc(-c4cnc([C@@H]5C[C@H]6C[C@H]6N5C(=O)[C@H](C5CCC5)N(C)C(=O)O)[nH]4)cc3)cc2)[nH]1)C1CCC1. The molecule has 14 nitrogen and oxygen atoms in total. The number of nitrogens with zero attached hydrogens (tertiary/aromatic N) is 6. The summed E-state index contributed by atoms with van der Waals surface area (Å²) >= 11 is 0. The summed E-state index contributed by atoms with van der Waals surface area (Å²) in [4.78, 5) is 74.5. The molecular formula is C46H50N8O6. The molecule has 6 fully saturated rings. The highest BCUT2D eigenvalue weighted by Gasteiger charge is 2.58. The van der Waals surface area contributed by atoms with Gasteiger partial charge < -0.3 is 30.0 Å². The number of aromatic nitrogens is 4. The van der Waals surface area contributed by atoms with Crippen molar-refractivity contribution in [2.24, 2.45) is 23.7 Å². The van der Waals surface area contributed by atoms with Gasteiger partial charge in [-0.1, -0.05) is 48.9 Å². The molecule has 8 atom stereocenters. The van der Waals surface area contributed by atoms with E-state index >= 15 is 0 Å². The lowest BCUT2D eigenvalue weighted by atomic mass is 9.78. The second kappa shape index (κ2) is 14.9. The molecule has 14 heteroatoms. The molecule has 60 heavy (non-hydrogen) atoms. The van der Waals surface area contributed by atoms with E-state index in [2.05, 4.69) is 21.8 Å². The maximum atomic E-state index is 14.0. The molecule has 4 saturated carbocycles. The van der Waals surface area contributed by atoms with Crippen LogP contribution in [0.5, 0.6) is 0 Å². The van der Waals surface area contributed by atoms with E-state index in [1.807, 2.05) is 58.3 Å². The molecule has 0 spiro atoms. The lowest BCUT2D eigenvalue weighted by Crippen LogP contribution is -2.54. The summed E-state index contributed by atoms with van der Waals surface area (Å²) < 4.78 is 0. The summed E-state index contributed by atoms with van der Waals surface area (Å²) in [5.41, 5.74) is 5.33. The first kappa shape index (κ1) is 38.1. The fourth-order valence-corrected chi connectivity index (χ4v) is 10.4. The molecule has 4 aliphatic carbocycles. The lowest BCUT2D eigenvalue weighted by Gasteiger charge is -2.40. The maximum Gasteiger partial charge on any atom is 0.407 e. The summed E-state index contributed by atoms with van der Waals surface area (Å²) in [6, 6.07) is 14.5. The number of benzene rings is 2. The number of H-pyrrole nitrogens is 2. The van der Waals surface area contributed by atoms with Gasteiger partial charge in [-0.05, 0) is 110 Å². The fourth-order valence-electron chi connectivity index (χ4n) is 10.4. The van der Waals surface area contributed by atoms with Crippen LogP contribution >= 0.6 is 0 Å². The van der Waals surface area contributed by atoms with Crippen molar-refractivity contribution in [1.82, 2.24) is 39.5 Å². The van der Waals surface area contributed by atoms with Crippen molar-refractivity contribution in [3.63, 3.8) is 0 Å². The Kier molecular flexibility index (Phi) is 9.45. The first-order chi connectivity index (χ1) is 29.0. The number of imidazole rings is 2. The van der Waals surface area contributed by atoms with Gasteiger partial charge in [-0.3, -0.25) is 19.4 Å². The van der Waals surface area contributed by atoms with Gasteiger partial charge in [0, 0.05) is 37.3 Å². The van der Waals surface area contributed by atoms with Gasteiger partial charge in [0.1, 0.15) is 23.7 Å². The number of fused-ring (bicyclic) bond motifs is 2. The minimum absolute atomic E-state index is 0.0630. The number of amides is 4. The number of carbonyl (C=O) groups excluding carboxylic acids is 2. The van der Waals surface area contributed by atoms with Crippen LogP contribution in [0, 0.1) is 35.5 Å². The highest BCUT2D eigenvalue weighted by atomic mass is 16.4. The highest BCUT2D eigenvalue weighted by Crippen LogP contribution is 2.55. The van der Waals surface area contributed by atoms with Crippen LogP contribution in [0.2, 0.25) is 0 Å². The first-order valence-corrected chi connectivity index (χ1v) is 21.4. The van der Waals surface area contributed by atoms with Crippen molar-refractivity contribution in [1.29, 1.82) is 0 Å². The normalized spacial score (nSPS) is 26.1. The molecule has 4 aromatic rings. The number of aromatic amines is 2. The molecule has 0 unspecified atom stereocenters. The Labute approximate surface area is 348 Å². The maximum absolute atomic E-state index is 14.0. The number of likely N-dealkylation sites (tertiary alicyclic amines) is 2. The number of hydrogen-bond acceptors (Lipinski definition) is 6. The largest absolute Gasteiger partial charge is 0.465 e. The molecule has 0 radical (unpaired) electrons. The third kappa shape index (κ3) is 6.77. The average molecular weight is 811 g/mol. The summed E-state index contributed by atoms with van der Waals surface area (Å²) in [5, 5.41) is 19.5. The molecule has 4 N–H and O–H groups in total. The summed E-state index contributed by atoms with van der Waals surface area (Å²) in [5.74, 6) is 8.80. The average Bonchev–Trinajstić information content (AvgIpc) is 3.80. The van der Waals surface area contributed by atoms with Crippen molar-refractivity contribution in [3.8, 4) is 34.4 Å². The van der Waals surface area contributed by atoms with Crippen molar-refractivity contribution in [3.05, 3.63) is 83.7 Å². The summed E-state index contributed by atoms with van der Waals surface area (Å²) in [7, 11) is 3.03. The molecule has 2 aromatic heterocycles. The Bertz CT molecular complexity index is 2230.